The molecule has 2 N–H and O–H groups in total. The smallest absolute Gasteiger partial charge is 0.0881 e. The fraction of sp³-hybridized carbons (Fsp3) is 0.188. The molecular formula is C16H17N3. The number of hydrogen-bond acceptors (Lipinski definition) is 2. The number of para-hydroxylation sites is 1. The van der Waals surface area contributed by atoms with Gasteiger partial charge in [0.25, 0.3) is 0 Å². The largest absolute Gasteiger partial charge is 0.379 e. The molecular weight excluding hydrogens is 234 g/mol. The van der Waals surface area contributed by atoms with Crippen molar-refractivity contribution in [2.75, 3.05) is 5.32 Å². The van der Waals surface area contributed by atoms with Crippen LogP contribution in [0.2, 0.25) is 0 Å². The molecule has 0 aliphatic carbocycles. The lowest BCUT2D eigenvalue weighted by Crippen LogP contribution is -2.02. The van der Waals surface area contributed by atoms with E-state index < -0.39 is 0 Å². The number of aryl methyl sites for hydroxylation is 1. The van der Waals surface area contributed by atoms with E-state index in [-0.39, 0.29) is 0 Å². The van der Waals surface area contributed by atoms with Gasteiger partial charge in [-0.2, -0.15) is 5.10 Å². The Hall–Kier alpha value is -2.29. The van der Waals surface area contributed by atoms with Gasteiger partial charge in [-0.05, 0) is 36.6 Å². The zero-order valence-electron chi connectivity index (χ0n) is 11.2. The first-order chi connectivity index (χ1) is 9.25. The first kappa shape index (κ1) is 11.8. The number of aromatic nitrogens is 2. The van der Waals surface area contributed by atoms with Crippen molar-refractivity contribution in [1.82, 2.24) is 10.2 Å². The lowest BCUT2D eigenvalue weighted by molar-refractivity contribution is 1.09. The molecule has 0 aliphatic heterocycles. The van der Waals surface area contributed by atoms with Crippen LogP contribution in [-0.4, -0.2) is 10.2 Å². The minimum Gasteiger partial charge on any atom is -0.379 e. The average Bonchev–Trinajstić information content (AvgIpc) is 2.89. The summed E-state index contributed by atoms with van der Waals surface area (Å²) in [7, 11) is 0. The van der Waals surface area contributed by atoms with Gasteiger partial charge in [-0.3, -0.25) is 5.10 Å². The topological polar surface area (TPSA) is 40.7 Å². The van der Waals surface area contributed by atoms with Crippen LogP contribution >= 0.6 is 0 Å². The summed E-state index contributed by atoms with van der Waals surface area (Å²) in [6.45, 7) is 5.14. The third-order valence-electron chi connectivity index (χ3n) is 3.66. The molecule has 96 valence electrons. The van der Waals surface area contributed by atoms with Crippen LogP contribution in [0.5, 0.6) is 0 Å². The number of anilines is 1. The molecule has 0 fully saturated rings. The third kappa shape index (κ3) is 2.19. The van der Waals surface area contributed by atoms with Crippen molar-refractivity contribution in [1.29, 1.82) is 0 Å². The predicted molar refractivity (Wildman–Crippen MR) is 79.3 cm³/mol. The molecule has 1 aromatic heterocycles. The molecule has 0 saturated carbocycles. The number of nitrogens with zero attached hydrogens (tertiary/aromatic N) is 1. The maximum atomic E-state index is 4.08. The molecule has 0 unspecified atom stereocenters. The molecule has 0 bridgehead atoms. The number of benzene rings is 2. The van der Waals surface area contributed by atoms with E-state index in [4.69, 9.17) is 0 Å². The minimum absolute atomic E-state index is 0.825. The highest BCUT2D eigenvalue weighted by molar-refractivity contribution is 5.89. The normalized spacial score (nSPS) is 10.8. The van der Waals surface area contributed by atoms with E-state index in [9.17, 15) is 0 Å². The Morgan fingerprint density at radius 1 is 1.11 bits per heavy atom. The minimum atomic E-state index is 0.825. The predicted octanol–water partition coefficient (Wildman–Crippen LogP) is 3.79. The van der Waals surface area contributed by atoms with Crippen LogP contribution in [0.3, 0.4) is 0 Å². The second-order valence-electron chi connectivity index (χ2n) is 4.85. The summed E-state index contributed by atoms with van der Waals surface area (Å²) in [4.78, 5) is 0. The van der Waals surface area contributed by atoms with E-state index in [2.05, 4.69) is 59.7 Å². The molecule has 3 heteroatoms. The number of fused-ring (bicyclic) bond motifs is 1. The van der Waals surface area contributed by atoms with E-state index in [1.807, 2.05) is 12.3 Å². The van der Waals surface area contributed by atoms with E-state index in [0.29, 0.717) is 0 Å². The second kappa shape index (κ2) is 4.76. The summed E-state index contributed by atoms with van der Waals surface area (Å²) in [5.74, 6) is 0. The lowest BCUT2D eigenvalue weighted by atomic mass is 10.0. The van der Waals surface area contributed by atoms with Gasteiger partial charge in [0.15, 0.2) is 0 Å². The average molecular weight is 251 g/mol. The van der Waals surface area contributed by atoms with E-state index in [1.54, 1.807) is 0 Å². The van der Waals surface area contributed by atoms with E-state index in [1.165, 1.54) is 16.7 Å². The van der Waals surface area contributed by atoms with Gasteiger partial charge >= 0.3 is 0 Å². The summed E-state index contributed by atoms with van der Waals surface area (Å²) >= 11 is 0. The van der Waals surface area contributed by atoms with Gasteiger partial charge in [0.05, 0.1) is 17.4 Å². The Bertz CT molecular complexity index is 713. The Kier molecular flexibility index (Phi) is 2.95. The summed E-state index contributed by atoms with van der Waals surface area (Å²) < 4.78 is 0. The van der Waals surface area contributed by atoms with Crippen molar-refractivity contribution in [2.24, 2.45) is 0 Å². The maximum Gasteiger partial charge on any atom is 0.0881 e. The van der Waals surface area contributed by atoms with Crippen LogP contribution in [0.15, 0.2) is 42.6 Å². The van der Waals surface area contributed by atoms with Gasteiger partial charge < -0.3 is 5.32 Å². The van der Waals surface area contributed by atoms with E-state index >= 15 is 0 Å². The van der Waals surface area contributed by atoms with Crippen molar-refractivity contribution >= 4 is 16.6 Å². The van der Waals surface area contributed by atoms with Crippen LogP contribution in [0, 0.1) is 13.8 Å². The standard InChI is InChI=1S/C16H17N3/c1-11-5-3-6-13(12(11)2)9-17-15-8-4-7-14-10-18-19-16(14)15/h3-8,10,17H,9H2,1-2H3,(H,18,19). The third-order valence-corrected chi connectivity index (χ3v) is 3.66. The Morgan fingerprint density at radius 3 is 2.84 bits per heavy atom. The first-order valence-corrected chi connectivity index (χ1v) is 6.47. The molecule has 1 heterocycles. The number of H-pyrrole nitrogens is 1. The molecule has 0 atom stereocenters. The second-order valence-corrected chi connectivity index (χ2v) is 4.85. The van der Waals surface area contributed by atoms with Gasteiger partial charge in [-0.1, -0.05) is 30.3 Å². The molecule has 0 saturated heterocycles. The number of hydrogen-bond donors (Lipinski definition) is 2. The van der Waals surface area contributed by atoms with Gasteiger partial charge in [-0.15, -0.1) is 0 Å². The van der Waals surface area contributed by atoms with Crippen molar-refractivity contribution in [3.05, 3.63) is 59.3 Å². The molecule has 2 aromatic carbocycles. The van der Waals surface area contributed by atoms with Gasteiger partial charge in [0, 0.05) is 11.9 Å². The molecule has 3 rings (SSSR count). The number of nitrogens with one attached hydrogen (secondary N) is 2. The molecule has 0 radical (unpaired) electrons. The van der Waals surface area contributed by atoms with Crippen LogP contribution in [0.25, 0.3) is 10.9 Å². The lowest BCUT2D eigenvalue weighted by Gasteiger charge is -2.11. The van der Waals surface area contributed by atoms with Crippen molar-refractivity contribution in [3.63, 3.8) is 0 Å². The molecule has 3 aromatic rings. The van der Waals surface area contributed by atoms with Crippen LogP contribution in [0.1, 0.15) is 16.7 Å². The van der Waals surface area contributed by atoms with Crippen molar-refractivity contribution in [3.8, 4) is 0 Å². The zero-order chi connectivity index (χ0) is 13.2. The van der Waals surface area contributed by atoms with Crippen molar-refractivity contribution < 1.29 is 0 Å². The monoisotopic (exact) mass is 251 g/mol. The van der Waals surface area contributed by atoms with Crippen LogP contribution < -0.4 is 5.32 Å². The fourth-order valence-corrected chi connectivity index (χ4v) is 2.31. The summed E-state index contributed by atoms with van der Waals surface area (Å²) in [5.41, 5.74) is 6.17. The Balaban J connectivity index is 1.86. The van der Waals surface area contributed by atoms with E-state index in [0.717, 1.165) is 23.1 Å². The Morgan fingerprint density at radius 2 is 1.95 bits per heavy atom. The zero-order valence-corrected chi connectivity index (χ0v) is 11.2. The van der Waals surface area contributed by atoms with Gasteiger partial charge in [0.1, 0.15) is 0 Å². The summed E-state index contributed by atoms with van der Waals surface area (Å²) in [6.07, 6.45) is 1.85. The number of rotatable bonds is 3. The highest BCUT2D eigenvalue weighted by atomic mass is 15.1. The molecule has 19 heavy (non-hydrogen) atoms. The molecule has 0 amide bonds. The van der Waals surface area contributed by atoms with Crippen LogP contribution in [-0.2, 0) is 6.54 Å². The first-order valence-electron chi connectivity index (χ1n) is 6.47. The van der Waals surface area contributed by atoms with Crippen LogP contribution in [0.4, 0.5) is 5.69 Å². The quantitative estimate of drug-likeness (QED) is 0.743. The highest BCUT2D eigenvalue weighted by Gasteiger charge is 2.04. The highest BCUT2D eigenvalue weighted by Crippen LogP contribution is 2.22. The fourth-order valence-electron chi connectivity index (χ4n) is 2.31. The molecule has 0 spiro atoms. The number of aromatic amines is 1. The molecule has 3 nitrogen and oxygen atoms in total. The maximum absolute atomic E-state index is 4.08. The van der Waals surface area contributed by atoms with Crippen molar-refractivity contribution in [2.45, 2.75) is 20.4 Å². The van der Waals surface area contributed by atoms with Gasteiger partial charge in [-0.25, -0.2) is 0 Å². The summed E-state index contributed by atoms with van der Waals surface area (Å²) in [6, 6.07) is 12.6. The Labute approximate surface area is 112 Å². The van der Waals surface area contributed by atoms with Gasteiger partial charge in [0.2, 0.25) is 0 Å². The summed E-state index contributed by atoms with van der Waals surface area (Å²) in [5, 5.41) is 11.7. The molecule has 0 aliphatic rings. The SMILES string of the molecule is Cc1cccc(CNc2cccc3cn[nH]c23)c1C.